The topological polar surface area (TPSA) is 223 Å². The average Bonchev–Trinajstić information content (AvgIpc) is 3.07. The summed E-state index contributed by atoms with van der Waals surface area (Å²) >= 11 is 0. The zero-order chi connectivity index (χ0) is 36.8. The van der Waals surface area contributed by atoms with Crippen LogP contribution in [0.1, 0.15) is 72.6 Å². The third-order valence-electron chi connectivity index (χ3n) is 7.73. The van der Waals surface area contributed by atoms with E-state index in [9.17, 15) is 39.3 Å². The zero-order valence-corrected chi connectivity index (χ0v) is 28.7. The fourth-order valence-corrected chi connectivity index (χ4v) is 5.26. The molecule has 0 aliphatic carbocycles. The Bertz CT molecular complexity index is 1440. The van der Waals surface area contributed by atoms with Crippen LogP contribution < -0.4 is 21.3 Å². The van der Waals surface area contributed by atoms with E-state index in [-0.39, 0.29) is 48.9 Å². The molecule has 0 saturated heterocycles. The molecule has 0 aliphatic rings. The molecule has 0 saturated carbocycles. The van der Waals surface area contributed by atoms with Crippen LogP contribution in [0, 0.1) is 11.8 Å². The van der Waals surface area contributed by atoms with Crippen molar-refractivity contribution in [3.63, 3.8) is 0 Å². The fraction of sp³-hybridized carbons (Fsp3) is 0.412. The highest BCUT2D eigenvalue weighted by Crippen LogP contribution is 2.11. The van der Waals surface area contributed by atoms with Crippen LogP contribution in [0.3, 0.4) is 0 Å². The Hall–Kier alpha value is -4.63. The van der Waals surface area contributed by atoms with Crippen molar-refractivity contribution in [3.8, 4) is 0 Å². The second kappa shape index (κ2) is 19.5. The number of hydrogen-bond acceptors (Lipinski definition) is 10. The summed E-state index contributed by atoms with van der Waals surface area (Å²) in [5.74, 6) is -4.83. The van der Waals surface area contributed by atoms with E-state index >= 15 is 0 Å². The maximum Gasteiger partial charge on any atom is 0.475 e. The summed E-state index contributed by atoms with van der Waals surface area (Å²) in [6.07, 6.45) is 2.93. The molecule has 0 bridgehead atoms. The zero-order valence-electron chi connectivity index (χ0n) is 28.7. The van der Waals surface area contributed by atoms with Gasteiger partial charge in [0, 0.05) is 12.8 Å². The summed E-state index contributed by atoms with van der Waals surface area (Å²) in [4.78, 5) is 61.8. The van der Waals surface area contributed by atoms with Crippen molar-refractivity contribution >= 4 is 37.9 Å². The minimum absolute atomic E-state index is 0.0366. The third-order valence-corrected chi connectivity index (χ3v) is 7.73. The minimum atomic E-state index is -1.82. The number of rotatable bonds is 18. The van der Waals surface area contributed by atoms with Crippen LogP contribution in [0.25, 0.3) is 0 Å². The number of amides is 4. The van der Waals surface area contributed by atoms with Gasteiger partial charge in [0.25, 0.3) is 11.8 Å². The summed E-state index contributed by atoms with van der Waals surface area (Å²) in [5.41, 5.74) is 0.885. The molecule has 16 heteroatoms. The van der Waals surface area contributed by atoms with Gasteiger partial charge in [-0.25, -0.2) is 4.98 Å². The Balaban J connectivity index is 1.82. The van der Waals surface area contributed by atoms with Gasteiger partial charge in [-0.2, -0.15) is 0 Å². The van der Waals surface area contributed by atoms with E-state index in [0.717, 1.165) is 23.5 Å². The molecular formula is C34H46B2N6O8. The first-order valence-corrected chi connectivity index (χ1v) is 16.6. The van der Waals surface area contributed by atoms with Gasteiger partial charge in [0.1, 0.15) is 23.5 Å². The molecule has 0 aliphatic heterocycles. The highest BCUT2D eigenvalue weighted by atomic mass is 16.4. The van der Waals surface area contributed by atoms with Crippen molar-refractivity contribution in [1.29, 1.82) is 0 Å². The normalized spacial score (nSPS) is 13.5. The van der Waals surface area contributed by atoms with Gasteiger partial charge < -0.3 is 41.4 Å². The van der Waals surface area contributed by atoms with Crippen LogP contribution >= 0.6 is 0 Å². The molecule has 3 aromatic rings. The third kappa shape index (κ3) is 13.0. The Kier molecular flexibility index (Phi) is 15.5. The lowest BCUT2D eigenvalue weighted by Crippen LogP contribution is -2.55. The Labute approximate surface area is 292 Å². The smallest absolute Gasteiger partial charge is 0.426 e. The molecule has 4 amide bonds. The molecule has 0 unspecified atom stereocenters. The second-order valence-electron chi connectivity index (χ2n) is 13.0. The Morgan fingerprint density at radius 2 is 0.960 bits per heavy atom. The number of nitrogens with one attached hydrogen (secondary N) is 4. The maximum absolute atomic E-state index is 13.4. The molecule has 14 nitrogen and oxygen atoms in total. The standard InChI is InChI=1S/C34H46B2N6O8/c1-21(2)15-29(35(47)48)41-31(43)25(17-23-11-7-5-8-12-23)39-33(45)27-19-37-20-28(38-27)34(46)40-26(18-24-13-9-6-10-14-24)32(44)42-30(36(49)50)16-22(3)4/h5-14,19-22,25-26,29-30,47-50H,15-18H2,1-4H3,(H,39,45)(H,40,46)(H,41,43)(H,42,44)/t25-,26-,29-,30-/m0/s1. The molecule has 8 N–H and O–H groups in total. The highest BCUT2D eigenvalue weighted by molar-refractivity contribution is 6.44. The number of aromatic nitrogens is 2. The molecule has 1 heterocycles. The van der Waals surface area contributed by atoms with Crippen molar-refractivity contribution in [2.75, 3.05) is 0 Å². The minimum Gasteiger partial charge on any atom is -0.426 e. The number of carbonyl (C=O) groups excluding carboxylic acids is 4. The summed E-state index contributed by atoms with van der Waals surface area (Å²) in [7, 11) is -3.64. The molecule has 1 aromatic heterocycles. The molecular weight excluding hydrogens is 642 g/mol. The molecule has 0 radical (unpaired) electrons. The van der Waals surface area contributed by atoms with Crippen molar-refractivity contribution in [2.24, 2.45) is 11.8 Å². The van der Waals surface area contributed by atoms with Crippen molar-refractivity contribution in [2.45, 2.75) is 77.3 Å². The van der Waals surface area contributed by atoms with Crippen molar-refractivity contribution in [3.05, 3.63) is 95.6 Å². The summed E-state index contributed by atoms with van der Waals surface area (Å²) in [6, 6.07) is 15.5. The monoisotopic (exact) mass is 688 g/mol. The van der Waals surface area contributed by atoms with Crippen LogP contribution in [0.4, 0.5) is 0 Å². The SMILES string of the molecule is CC(C)C[C@H](NC(=O)[C@H](Cc1ccccc1)NC(=O)c1cncc(C(=O)N[C@@H](Cc2ccccc2)C(=O)N[C@@H](CC(C)C)B(O)O)n1)B(O)O. The largest absolute Gasteiger partial charge is 0.475 e. The molecule has 0 fully saturated rings. The predicted molar refractivity (Wildman–Crippen MR) is 188 cm³/mol. The van der Waals surface area contributed by atoms with E-state index in [1.165, 1.54) is 0 Å². The van der Waals surface area contributed by atoms with Crippen LogP contribution in [-0.2, 0) is 22.4 Å². The maximum atomic E-state index is 13.4. The van der Waals surface area contributed by atoms with Crippen LogP contribution in [0.15, 0.2) is 73.1 Å². The second-order valence-corrected chi connectivity index (χ2v) is 13.0. The van der Waals surface area contributed by atoms with Crippen LogP contribution in [0.5, 0.6) is 0 Å². The van der Waals surface area contributed by atoms with Crippen molar-refractivity contribution < 1.29 is 39.3 Å². The van der Waals surface area contributed by atoms with Gasteiger partial charge in [-0.3, -0.25) is 24.2 Å². The van der Waals surface area contributed by atoms with E-state index in [0.29, 0.717) is 0 Å². The summed E-state index contributed by atoms with van der Waals surface area (Å²) in [6.45, 7) is 7.47. The highest BCUT2D eigenvalue weighted by Gasteiger charge is 2.32. The van der Waals surface area contributed by atoms with E-state index in [2.05, 4.69) is 31.2 Å². The number of benzene rings is 2. The lowest BCUT2D eigenvalue weighted by Gasteiger charge is -2.24. The van der Waals surface area contributed by atoms with E-state index in [1.807, 2.05) is 27.7 Å². The lowest BCUT2D eigenvalue weighted by molar-refractivity contribution is -0.124. The Morgan fingerprint density at radius 1 is 0.600 bits per heavy atom. The summed E-state index contributed by atoms with van der Waals surface area (Å²) < 4.78 is 0. The van der Waals surface area contributed by atoms with Gasteiger partial charge in [0.05, 0.1) is 24.3 Å². The van der Waals surface area contributed by atoms with Crippen molar-refractivity contribution in [1.82, 2.24) is 31.2 Å². The predicted octanol–water partition coefficient (Wildman–Crippen LogP) is 0.245. The molecule has 2 aromatic carbocycles. The van der Waals surface area contributed by atoms with E-state index in [4.69, 9.17) is 0 Å². The van der Waals surface area contributed by atoms with Crippen LogP contribution in [0.2, 0.25) is 0 Å². The Morgan fingerprint density at radius 3 is 1.28 bits per heavy atom. The van der Waals surface area contributed by atoms with Gasteiger partial charge in [-0.1, -0.05) is 88.4 Å². The van der Waals surface area contributed by atoms with Crippen LogP contribution in [-0.4, -0.2) is 91.9 Å². The van der Waals surface area contributed by atoms with E-state index in [1.54, 1.807) is 60.7 Å². The first-order chi connectivity index (χ1) is 23.7. The molecule has 4 atom stereocenters. The van der Waals surface area contributed by atoms with Gasteiger partial charge in [-0.05, 0) is 35.8 Å². The van der Waals surface area contributed by atoms with Gasteiger partial charge in [0.15, 0.2) is 0 Å². The molecule has 0 spiro atoms. The van der Waals surface area contributed by atoms with Gasteiger partial charge in [0.2, 0.25) is 11.8 Å². The average molecular weight is 688 g/mol. The lowest BCUT2D eigenvalue weighted by atomic mass is 9.75. The summed E-state index contributed by atoms with van der Waals surface area (Å²) in [5, 5.41) is 49.9. The quantitative estimate of drug-likeness (QED) is 0.0851. The number of nitrogens with zero attached hydrogens (tertiary/aromatic N) is 2. The van der Waals surface area contributed by atoms with Gasteiger partial charge >= 0.3 is 14.2 Å². The molecule has 3 rings (SSSR count). The number of carbonyl (C=O) groups is 4. The fourth-order valence-electron chi connectivity index (χ4n) is 5.26. The van der Waals surface area contributed by atoms with E-state index < -0.39 is 61.8 Å². The van der Waals surface area contributed by atoms with Gasteiger partial charge in [-0.15, -0.1) is 0 Å². The first-order valence-electron chi connectivity index (χ1n) is 16.6. The molecule has 266 valence electrons. The molecule has 50 heavy (non-hydrogen) atoms. The number of hydrogen-bond donors (Lipinski definition) is 8. The first kappa shape index (κ1) is 39.8.